The number of carbonyl (C=O) groups is 1. The lowest BCUT2D eigenvalue weighted by atomic mass is 10.1. The highest BCUT2D eigenvalue weighted by molar-refractivity contribution is 8.14. The van der Waals surface area contributed by atoms with Crippen molar-refractivity contribution in [3.05, 3.63) is 89.4 Å². The Morgan fingerprint density at radius 2 is 1.55 bits per heavy atom. The summed E-state index contributed by atoms with van der Waals surface area (Å²) in [5.41, 5.74) is 4.25. The molecule has 0 radical (unpaired) electrons. The Hall–Kier alpha value is -2.89. The van der Waals surface area contributed by atoms with Crippen molar-refractivity contribution in [2.45, 2.75) is 6.42 Å². The first-order chi connectivity index (χ1) is 14.2. The van der Waals surface area contributed by atoms with E-state index < -0.39 is 0 Å². The quantitative estimate of drug-likeness (QED) is 0.542. The Morgan fingerprint density at radius 3 is 2.31 bits per heavy atom. The van der Waals surface area contributed by atoms with Gasteiger partial charge in [-0.25, -0.2) is 4.99 Å². The van der Waals surface area contributed by atoms with E-state index in [0.717, 1.165) is 27.7 Å². The van der Waals surface area contributed by atoms with Crippen molar-refractivity contribution >= 4 is 57.1 Å². The third-order valence-corrected chi connectivity index (χ3v) is 5.63. The summed E-state index contributed by atoms with van der Waals surface area (Å²) in [7, 11) is 0. The topological polar surface area (TPSA) is 53.8 Å². The molecule has 0 fully saturated rings. The molecule has 0 bridgehead atoms. The van der Waals surface area contributed by atoms with Crippen LogP contribution in [-0.2, 0) is 4.79 Å². The van der Waals surface area contributed by atoms with Gasteiger partial charge in [0.1, 0.15) is 0 Å². The maximum atomic E-state index is 12.4. The number of nitrogens with one attached hydrogen (secondary N) is 1. The van der Waals surface area contributed by atoms with Crippen molar-refractivity contribution in [1.82, 2.24) is 0 Å². The van der Waals surface area contributed by atoms with Crippen LogP contribution in [-0.4, -0.2) is 22.4 Å². The molecular formula is C23H18ClN3OS. The van der Waals surface area contributed by atoms with E-state index in [0.29, 0.717) is 17.1 Å². The highest BCUT2D eigenvalue weighted by Gasteiger charge is 2.16. The van der Waals surface area contributed by atoms with Crippen LogP contribution in [0.5, 0.6) is 0 Å². The number of halogens is 1. The summed E-state index contributed by atoms with van der Waals surface area (Å²) in [6.07, 6.45) is 0.572. The summed E-state index contributed by atoms with van der Waals surface area (Å²) in [5, 5.41) is 4.22. The SMILES string of the molecule is O=C(CSC1=Nc2ccccc2N=C(c2ccccc2)C1)Nc1ccccc1Cl. The lowest BCUT2D eigenvalue weighted by molar-refractivity contribution is -0.113. The third kappa shape index (κ3) is 4.94. The minimum atomic E-state index is -0.124. The Morgan fingerprint density at radius 1 is 0.897 bits per heavy atom. The van der Waals surface area contributed by atoms with Crippen molar-refractivity contribution in [2.24, 2.45) is 9.98 Å². The van der Waals surface area contributed by atoms with Crippen molar-refractivity contribution in [3.8, 4) is 0 Å². The molecule has 3 aromatic rings. The van der Waals surface area contributed by atoms with E-state index >= 15 is 0 Å². The monoisotopic (exact) mass is 419 g/mol. The third-order valence-electron chi connectivity index (χ3n) is 4.33. The number of aliphatic imine (C=N–C) groups is 2. The first kappa shape index (κ1) is 19.4. The molecule has 0 spiro atoms. The molecule has 4 nitrogen and oxygen atoms in total. The van der Waals surface area contributed by atoms with Crippen LogP contribution in [0.25, 0.3) is 0 Å². The van der Waals surface area contributed by atoms with Gasteiger partial charge in [0.2, 0.25) is 5.91 Å². The molecule has 3 aromatic carbocycles. The fourth-order valence-electron chi connectivity index (χ4n) is 2.93. The molecule has 1 aliphatic rings. The van der Waals surface area contributed by atoms with Gasteiger partial charge in [-0.3, -0.25) is 9.79 Å². The van der Waals surface area contributed by atoms with Gasteiger partial charge in [0.15, 0.2) is 0 Å². The minimum Gasteiger partial charge on any atom is -0.324 e. The van der Waals surface area contributed by atoms with Crippen molar-refractivity contribution < 1.29 is 4.79 Å². The zero-order chi connectivity index (χ0) is 20.1. The van der Waals surface area contributed by atoms with E-state index in [1.54, 1.807) is 12.1 Å². The normalized spacial score (nSPS) is 13.0. The highest BCUT2D eigenvalue weighted by Crippen LogP contribution is 2.33. The molecule has 0 aromatic heterocycles. The molecular weight excluding hydrogens is 402 g/mol. The van der Waals surface area contributed by atoms with Gasteiger partial charge in [0.05, 0.1) is 38.6 Å². The van der Waals surface area contributed by atoms with Crippen molar-refractivity contribution in [1.29, 1.82) is 0 Å². The van der Waals surface area contributed by atoms with Gasteiger partial charge in [-0.15, -0.1) is 11.8 Å². The van der Waals surface area contributed by atoms with Crippen LogP contribution >= 0.6 is 23.4 Å². The smallest absolute Gasteiger partial charge is 0.234 e. The Labute approximate surface area is 178 Å². The highest BCUT2D eigenvalue weighted by atomic mass is 35.5. The second-order valence-corrected chi connectivity index (χ2v) is 7.87. The second kappa shape index (κ2) is 9.07. The number of hydrogen-bond acceptors (Lipinski definition) is 4. The molecule has 0 atom stereocenters. The molecule has 6 heteroatoms. The van der Waals surface area contributed by atoms with Gasteiger partial charge in [-0.2, -0.15) is 0 Å². The van der Waals surface area contributed by atoms with E-state index in [-0.39, 0.29) is 11.7 Å². The van der Waals surface area contributed by atoms with E-state index in [2.05, 4.69) is 5.32 Å². The van der Waals surface area contributed by atoms with Crippen LogP contribution in [0.2, 0.25) is 5.02 Å². The standard InChI is InChI=1S/C23H18ClN3OS/c24-17-10-4-5-11-18(17)26-22(28)15-29-23-14-21(16-8-2-1-3-9-16)25-19-12-6-7-13-20(19)27-23/h1-13H,14-15H2,(H,26,28). The number of amides is 1. The number of para-hydroxylation sites is 3. The molecule has 1 N–H and O–H groups in total. The van der Waals surface area contributed by atoms with Gasteiger partial charge in [-0.05, 0) is 29.8 Å². The molecule has 144 valence electrons. The zero-order valence-corrected chi connectivity index (χ0v) is 17.1. The predicted octanol–water partition coefficient (Wildman–Crippen LogP) is 6.27. The number of nitrogens with zero attached hydrogens (tertiary/aromatic N) is 2. The molecule has 1 heterocycles. The zero-order valence-electron chi connectivity index (χ0n) is 15.5. The van der Waals surface area contributed by atoms with Gasteiger partial charge in [0, 0.05) is 6.42 Å². The Balaban J connectivity index is 1.52. The maximum absolute atomic E-state index is 12.4. The van der Waals surface area contributed by atoms with E-state index in [4.69, 9.17) is 21.6 Å². The van der Waals surface area contributed by atoms with Crippen LogP contribution < -0.4 is 5.32 Å². The van der Waals surface area contributed by atoms with Gasteiger partial charge < -0.3 is 5.32 Å². The summed E-state index contributed by atoms with van der Waals surface area (Å²) in [5.74, 6) is 0.121. The van der Waals surface area contributed by atoms with E-state index in [1.165, 1.54) is 11.8 Å². The molecule has 4 rings (SSSR count). The minimum absolute atomic E-state index is 0.124. The summed E-state index contributed by atoms with van der Waals surface area (Å²) in [6.45, 7) is 0. The fourth-order valence-corrected chi connectivity index (χ4v) is 3.89. The first-order valence-electron chi connectivity index (χ1n) is 9.16. The fraction of sp³-hybridized carbons (Fsp3) is 0.0870. The van der Waals surface area contributed by atoms with Crippen LogP contribution in [0.15, 0.2) is 88.8 Å². The van der Waals surface area contributed by atoms with Gasteiger partial charge in [-0.1, -0.05) is 66.2 Å². The predicted molar refractivity (Wildman–Crippen MR) is 123 cm³/mol. The first-order valence-corrected chi connectivity index (χ1v) is 10.5. The number of rotatable bonds is 4. The van der Waals surface area contributed by atoms with Crippen LogP contribution in [0.3, 0.4) is 0 Å². The molecule has 0 unspecified atom stereocenters. The summed E-state index contributed by atoms with van der Waals surface area (Å²) in [6, 6.07) is 25.0. The van der Waals surface area contributed by atoms with E-state index in [9.17, 15) is 4.79 Å². The number of fused-ring (bicyclic) bond motifs is 1. The summed E-state index contributed by atoms with van der Waals surface area (Å²) >= 11 is 7.54. The molecule has 0 aliphatic carbocycles. The maximum Gasteiger partial charge on any atom is 0.234 e. The molecule has 0 saturated heterocycles. The number of hydrogen-bond donors (Lipinski definition) is 1. The number of benzene rings is 3. The molecule has 29 heavy (non-hydrogen) atoms. The van der Waals surface area contributed by atoms with Crippen LogP contribution in [0.4, 0.5) is 17.1 Å². The Bertz CT molecular complexity index is 1100. The molecule has 1 amide bonds. The summed E-state index contributed by atoms with van der Waals surface area (Å²) < 4.78 is 0. The van der Waals surface area contributed by atoms with Crippen LogP contribution in [0, 0.1) is 0 Å². The van der Waals surface area contributed by atoms with Gasteiger partial charge >= 0.3 is 0 Å². The summed E-state index contributed by atoms with van der Waals surface area (Å²) in [4.78, 5) is 22.0. The average Bonchev–Trinajstić information content (AvgIpc) is 2.94. The molecule has 1 aliphatic heterocycles. The number of thioether (sulfide) groups is 1. The second-order valence-electron chi connectivity index (χ2n) is 6.41. The Kier molecular flexibility index (Phi) is 6.08. The van der Waals surface area contributed by atoms with Gasteiger partial charge in [0.25, 0.3) is 0 Å². The number of carbonyl (C=O) groups excluding carboxylic acids is 1. The van der Waals surface area contributed by atoms with Crippen molar-refractivity contribution in [3.63, 3.8) is 0 Å². The lowest BCUT2D eigenvalue weighted by Crippen LogP contribution is -2.16. The largest absolute Gasteiger partial charge is 0.324 e. The van der Waals surface area contributed by atoms with E-state index in [1.807, 2.05) is 66.7 Å². The average molecular weight is 420 g/mol. The number of anilines is 1. The molecule has 0 saturated carbocycles. The van der Waals surface area contributed by atoms with Crippen molar-refractivity contribution in [2.75, 3.05) is 11.1 Å². The van der Waals surface area contributed by atoms with Crippen LogP contribution in [0.1, 0.15) is 12.0 Å². The lowest BCUT2D eigenvalue weighted by Gasteiger charge is -2.09.